The van der Waals surface area contributed by atoms with Gasteiger partial charge in [-0.3, -0.25) is 4.79 Å². The first-order valence-electron chi connectivity index (χ1n) is 8.48. The van der Waals surface area contributed by atoms with Crippen LogP contribution in [-0.2, 0) is 20.7 Å². The molecule has 0 fully saturated rings. The Morgan fingerprint density at radius 1 is 1.21 bits per heavy atom. The molecule has 128 valence electrons. The van der Waals surface area contributed by atoms with Gasteiger partial charge in [-0.15, -0.1) is 0 Å². The molecule has 0 radical (unpaired) electrons. The summed E-state index contributed by atoms with van der Waals surface area (Å²) in [6.07, 6.45) is 11.7. The largest absolute Gasteiger partial charge is 0.467 e. The number of ether oxygens (including phenoxy) is 1. The summed E-state index contributed by atoms with van der Waals surface area (Å²) in [6, 6.07) is 8.90. The second-order valence-corrected chi connectivity index (χ2v) is 5.99. The predicted octanol–water partition coefficient (Wildman–Crippen LogP) is 3.33. The van der Waals surface area contributed by atoms with E-state index >= 15 is 0 Å². The van der Waals surface area contributed by atoms with E-state index in [9.17, 15) is 9.59 Å². The molecule has 1 aliphatic rings. The van der Waals surface area contributed by atoms with Crippen molar-refractivity contribution in [2.75, 3.05) is 7.11 Å². The third kappa shape index (κ3) is 6.03. The SMILES string of the molecule is COC(=O)C(Cc1ccccc1)NC(=O)/C=C/C1=CCCCCC1. The van der Waals surface area contributed by atoms with Crippen molar-refractivity contribution < 1.29 is 14.3 Å². The maximum absolute atomic E-state index is 12.2. The second kappa shape index (κ2) is 9.71. The van der Waals surface area contributed by atoms with Crippen molar-refractivity contribution in [3.63, 3.8) is 0 Å². The lowest BCUT2D eigenvalue weighted by Gasteiger charge is -2.15. The molecule has 0 aliphatic heterocycles. The number of hydrogen-bond donors (Lipinski definition) is 1. The van der Waals surface area contributed by atoms with Crippen molar-refractivity contribution in [3.05, 3.63) is 59.7 Å². The van der Waals surface area contributed by atoms with E-state index in [-0.39, 0.29) is 5.91 Å². The van der Waals surface area contributed by atoms with Crippen LogP contribution in [0.15, 0.2) is 54.1 Å². The lowest BCUT2D eigenvalue weighted by molar-refractivity contribution is -0.144. The normalized spacial score (nSPS) is 16.1. The molecule has 0 aromatic heterocycles. The van der Waals surface area contributed by atoms with Gasteiger partial charge in [-0.2, -0.15) is 0 Å². The second-order valence-electron chi connectivity index (χ2n) is 5.99. The van der Waals surface area contributed by atoms with E-state index in [0.717, 1.165) is 24.8 Å². The number of allylic oxidation sites excluding steroid dienone is 3. The average Bonchev–Trinajstić information content (AvgIpc) is 2.88. The topological polar surface area (TPSA) is 55.4 Å². The number of carbonyl (C=O) groups is 2. The van der Waals surface area contributed by atoms with Gasteiger partial charge in [0.2, 0.25) is 5.91 Å². The van der Waals surface area contributed by atoms with Gasteiger partial charge in [-0.25, -0.2) is 4.79 Å². The molecule has 1 aliphatic carbocycles. The number of esters is 1. The predicted molar refractivity (Wildman–Crippen MR) is 94.4 cm³/mol. The molecule has 4 heteroatoms. The molecule has 1 aromatic carbocycles. The fraction of sp³-hybridized carbons (Fsp3) is 0.400. The lowest BCUT2D eigenvalue weighted by Crippen LogP contribution is -2.42. The molecule has 1 N–H and O–H groups in total. The summed E-state index contributed by atoms with van der Waals surface area (Å²) >= 11 is 0. The molecule has 1 amide bonds. The van der Waals surface area contributed by atoms with Crippen molar-refractivity contribution in [2.45, 2.75) is 44.6 Å². The number of amides is 1. The van der Waals surface area contributed by atoms with Gasteiger partial charge in [-0.1, -0.05) is 54.5 Å². The Balaban J connectivity index is 1.96. The monoisotopic (exact) mass is 327 g/mol. The van der Waals surface area contributed by atoms with Crippen molar-refractivity contribution in [3.8, 4) is 0 Å². The van der Waals surface area contributed by atoms with E-state index in [1.807, 2.05) is 36.4 Å². The van der Waals surface area contributed by atoms with Gasteiger partial charge in [0.05, 0.1) is 7.11 Å². The first kappa shape index (κ1) is 18.0. The van der Waals surface area contributed by atoms with Gasteiger partial charge in [0, 0.05) is 12.5 Å². The van der Waals surface area contributed by atoms with Crippen LogP contribution in [0.5, 0.6) is 0 Å². The highest BCUT2D eigenvalue weighted by molar-refractivity contribution is 5.91. The summed E-state index contributed by atoms with van der Waals surface area (Å²) in [5, 5.41) is 2.74. The summed E-state index contributed by atoms with van der Waals surface area (Å²) in [6.45, 7) is 0. The summed E-state index contributed by atoms with van der Waals surface area (Å²) in [4.78, 5) is 24.1. The van der Waals surface area contributed by atoms with Gasteiger partial charge in [0.1, 0.15) is 6.04 Å². The van der Waals surface area contributed by atoms with Crippen LogP contribution in [0.25, 0.3) is 0 Å². The molecule has 1 unspecified atom stereocenters. The minimum atomic E-state index is -0.683. The number of methoxy groups -OCH3 is 1. The van der Waals surface area contributed by atoms with Crippen LogP contribution in [0, 0.1) is 0 Å². The Morgan fingerprint density at radius 2 is 2.00 bits per heavy atom. The van der Waals surface area contributed by atoms with Crippen LogP contribution in [0.2, 0.25) is 0 Å². The Bertz CT molecular complexity index is 605. The van der Waals surface area contributed by atoms with Crippen molar-refractivity contribution in [1.82, 2.24) is 5.32 Å². The smallest absolute Gasteiger partial charge is 0.328 e. The Hall–Kier alpha value is -2.36. The van der Waals surface area contributed by atoms with Gasteiger partial charge >= 0.3 is 5.97 Å². The number of rotatable bonds is 6. The fourth-order valence-corrected chi connectivity index (χ4v) is 2.78. The zero-order valence-electron chi connectivity index (χ0n) is 14.2. The highest BCUT2D eigenvalue weighted by Crippen LogP contribution is 2.17. The molecular weight excluding hydrogens is 302 g/mol. The first-order valence-corrected chi connectivity index (χ1v) is 8.48. The van der Waals surface area contributed by atoms with Crippen LogP contribution in [-0.4, -0.2) is 25.0 Å². The molecule has 0 heterocycles. The van der Waals surface area contributed by atoms with E-state index in [1.54, 1.807) is 0 Å². The quantitative estimate of drug-likeness (QED) is 0.644. The molecule has 0 spiro atoms. The zero-order chi connectivity index (χ0) is 17.2. The lowest BCUT2D eigenvalue weighted by atomic mass is 10.1. The maximum Gasteiger partial charge on any atom is 0.328 e. The van der Waals surface area contributed by atoms with Gasteiger partial charge in [0.25, 0.3) is 0 Å². The van der Waals surface area contributed by atoms with Gasteiger partial charge in [-0.05, 0) is 31.2 Å². The summed E-state index contributed by atoms with van der Waals surface area (Å²) < 4.78 is 4.81. The van der Waals surface area contributed by atoms with Crippen molar-refractivity contribution >= 4 is 11.9 Å². The molecule has 4 nitrogen and oxygen atoms in total. The molecule has 24 heavy (non-hydrogen) atoms. The number of nitrogens with one attached hydrogen (secondary N) is 1. The van der Waals surface area contributed by atoms with E-state index < -0.39 is 12.0 Å². The molecule has 0 saturated carbocycles. The minimum absolute atomic E-state index is 0.272. The molecular formula is C20H25NO3. The third-order valence-electron chi connectivity index (χ3n) is 4.11. The van der Waals surface area contributed by atoms with Crippen LogP contribution < -0.4 is 5.32 Å². The highest BCUT2D eigenvalue weighted by atomic mass is 16.5. The van der Waals surface area contributed by atoms with E-state index in [2.05, 4.69) is 11.4 Å². The molecule has 2 rings (SSSR count). The third-order valence-corrected chi connectivity index (χ3v) is 4.11. The van der Waals surface area contributed by atoms with E-state index in [0.29, 0.717) is 6.42 Å². The summed E-state index contributed by atoms with van der Waals surface area (Å²) in [5.74, 6) is -0.708. The van der Waals surface area contributed by atoms with E-state index in [4.69, 9.17) is 4.74 Å². The highest BCUT2D eigenvalue weighted by Gasteiger charge is 2.21. The van der Waals surface area contributed by atoms with Crippen molar-refractivity contribution in [2.24, 2.45) is 0 Å². The Labute approximate surface area is 143 Å². The molecule has 1 aromatic rings. The summed E-state index contributed by atoms with van der Waals surface area (Å²) in [7, 11) is 1.33. The number of benzene rings is 1. The number of carbonyl (C=O) groups excluding carboxylic acids is 2. The molecule has 0 saturated heterocycles. The van der Waals surface area contributed by atoms with Crippen LogP contribution in [0.3, 0.4) is 0 Å². The molecule has 0 bridgehead atoms. The first-order chi connectivity index (χ1) is 11.7. The zero-order valence-corrected chi connectivity index (χ0v) is 14.2. The van der Waals surface area contributed by atoms with Gasteiger partial charge in [0.15, 0.2) is 0 Å². The maximum atomic E-state index is 12.2. The van der Waals surface area contributed by atoms with Crippen molar-refractivity contribution in [1.29, 1.82) is 0 Å². The standard InChI is InChI=1S/C20H25NO3/c1-24-20(23)18(15-17-11-7-4-8-12-17)21-19(22)14-13-16-9-5-2-3-6-10-16/h4,7-9,11-14,18H,2-3,5-6,10,15H2,1H3,(H,21,22)/b14-13+. The van der Waals surface area contributed by atoms with E-state index in [1.165, 1.54) is 31.6 Å². The average molecular weight is 327 g/mol. The fourth-order valence-electron chi connectivity index (χ4n) is 2.78. The Morgan fingerprint density at radius 3 is 2.75 bits per heavy atom. The van der Waals surface area contributed by atoms with Crippen LogP contribution in [0.1, 0.15) is 37.7 Å². The van der Waals surface area contributed by atoms with Crippen LogP contribution >= 0.6 is 0 Å². The van der Waals surface area contributed by atoms with Gasteiger partial charge < -0.3 is 10.1 Å². The Kier molecular flexibility index (Phi) is 7.27. The van der Waals surface area contributed by atoms with Crippen LogP contribution in [0.4, 0.5) is 0 Å². The molecule has 1 atom stereocenters. The summed E-state index contributed by atoms with van der Waals surface area (Å²) in [5.41, 5.74) is 2.17. The number of hydrogen-bond acceptors (Lipinski definition) is 3. The minimum Gasteiger partial charge on any atom is -0.467 e.